The maximum atomic E-state index is 5.62. The van der Waals surface area contributed by atoms with Crippen molar-refractivity contribution in [3.8, 4) is 0 Å². The molecule has 1 rings (SSSR count). The molecule has 1 aromatic rings. The van der Waals surface area contributed by atoms with Crippen molar-refractivity contribution in [1.29, 1.82) is 0 Å². The molecule has 0 spiro atoms. The highest BCUT2D eigenvalue weighted by Gasteiger charge is 2.22. The molecule has 0 aliphatic heterocycles. The normalized spacial score (nSPS) is 11.6. The summed E-state index contributed by atoms with van der Waals surface area (Å²) < 4.78 is 0. The lowest BCUT2D eigenvalue weighted by Crippen LogP contribution is -2.29. The minimum atomic E-state index is -0.0991. The van der Waals surface area contributed by atoms with Gasteiger partial charge in [-0.1, -0.05) is 34.6 Å². The number of anilines is 2. The smallest absolute Gasteiger partial charge is 0.148 e. The molecule has 0 saturated carbocycles. The number of nitrogens with one attached hydrogen (secondary N) is 1. The Kier molecular flexibility index (Phi) is 5.74. The first kappa shape index (κ1) is 16.7. The Morgan fingerprint density at radius 1 is 1.10 bits per heavy atom. The molecule has 0 atom stereocenters. The summed E-state index contributed by atoms with van der Waals surface area (Å²) in [5, 5.41) is 0. The van der Waals surface area contributed by atoms with E-state index in [0.717, 1.165) is 49.0 Å². The Balaban J connectivity index is 3.34. The first-order chi connectivity index (χ1) is 9.35. The summed E-state index contributed by atoms with van der Waals surface area (Å²) in [6.07, 6.45) is 2.19. The van der Waals surface area contributed by atoms with E-state index in [1.54, 1.807) is 0 Å². The van der Waals surface area contributed by atoms with Crippen LogP contribution < -0.4 is 16.2 Å². The van der Waals surface area contributed by atoms with Gasteiger partial charge in [0.2, 0.25) is 0 Å². The van der Waals surface area contributed by atoms with Crippen molar-refractivity contribution in [1.82, 2.24) is 9.97 Å². The molecule has 114 valence electrons. The summed E-state index contributed by atoms with van der Waals surface area (Å²) in [4.78, 5) is 11.7. The van der Waals surface area contributed by atoms with Crippen LogP contribution in [0.5, 0.6) is 0 Å². The first-order valence-corrected chi connectivity index (χ1v) is 7.45. The van der Waals surface area contributed by atoms with E-state index in [1.807, 2.05) is 6.92 Å². The van der Waals surface area contributed by atoms with Crippen molar-refractivity contribution in [3.05, 3.63) is 11.4 Å². The van der Waals surface area contributed by atoms with Crippen LogP contribution in [0.2, 0.25) is 0 Å². The molecule has 0 unspecified atom stereocenters. The van der Waals surface area contributed by atoms with Gasteiger partial charge in [-0.2, -0.15) is 0 Å². The fraction of sp³-hybridized carbons (Fsp3) is 0.733. The second kappa shape index (κ2) is 6.88. The maximum Gasteiger partial charge on any atom is 0.148 e. The molecule has 0 bridgehead atoms. The molecule has 0 amide bonds. The SMILES string of the molecule is CCCN(CCC)c1nc(C(C)(C)C)nc(NN)c1C. The largest absolute Gasteiger partial charge is 0.356 e. The van der Waals surface area contributed by atoms with E-state index in [1.165, 1.54) is 0 Å². The Morgan fingerprint density at radius 2 is 1.65 bits per heavy atom. The van der Waals surface area contributed by atoms with E-state index < -0.39 is 0 Å². The zero-order valence-corrected chi connectivity index (χ0v) is 13.7. The van der Waals surface area contributed by atoms with Crippen molar-refractivity contribution in [2.24, 2.45) is 5.84 Å². The van der Waals surface area contributed by atoms with Crippen LogP contribution in [0.3, 0.4) is 0 Å². The molecule has 0 radical (unpaired) electrons. The Bertz CT molecular complexity index is 431. The molecule has 0 saturated heterocycles. The molecule has 0 aromatic carbocycles. The first-order valence-electron chi connectivity index (χ1n) is 7.45. The summed E-state index contributed by atoms with van der Waals surface area (Å²) in [5.74, 6) is 8.16. The lowest BCUT2D eigenvalue weighted by Gasteiger charge is -2.27. The molecule has 5 nitrogen and oxygen atoms in total. The minimum absolute atomic E-state index is 0.0991. The van der Waals surface area contributed by atoms with E-state index in [9.17, 15) is 0 Å². The predicted octanol–water partition coefficient (Wildman–Crippen LogP) is 2.99. The van der Waals surface area contributed by atoms with Gasteiger partial charge in [0, 0.05) is 24.1 Å². The van der Waals surface area contributed by atoms with Crippen molar-refractivity contribution >= 4 is 11.6 Å². The summed E-state index contributed by atoms with van der Waals surface area (Å²) in [6, 6.07) is 0. The number of hydrogen-bond donors (Lipinski definition) is 2. The van der Waals surface area contributed by atoms with Crippen LogP contribution in [0.1, 0.15) is 58.8 Å². The lowest BCUT2D eigenvalue weighted by molar-refractivity contribution is 0.543. The van der Waals surface area contributed by atoms with Crippen LogP contribution in [0, 0.1) is 6.92 Å². The van der Waals surface area contributed by atoms with Crippen LogP contribution in [0.15, 0.2) is 0 Å². The van der Waals surface area contributed by atoms with E-state index in [2.05, 4.69) is 49.9 Å². The van der Waals surface area contributed by atoms with E-state index >= 15 is 0 Å². The summed E-state index contributed by atoms with van der Waals surface area (Å²) >= 11 is 0. The van der Waals surface area contributed by atoms with Gasteiger partial charge in [0.15, 0.2) is 0 Å². The second-order valence-electron chi connectivity index (χ2n) is 6.23. The summed E-state index contributed by atoms with van der Waals surface area (Å²) in [5.41, 5.74) is 3.63. The quantitative estimate of drug-likeness (QED) is 0.619. The molecule has 20 heavy (non-hydrogen) atoms. The van der Waals surface area contributed by atoms with Gasteiger partial charge in [0.05, 0.1) is 0 Å². The molecule has 1 heterocycles. The van der Waals surface area contributed by atoms with Gasteiger partial charge in [-0.25, -0.2) is 15.8 Å². The average Bonchev–Trinajstić information content (AvgIpc) is 2.37. The lowest BCUT2D eigenvalue weighted by atomic mass is 9.95. The number of nitrogens with zero attached hydrogens (tertiary/aromatic N) is 3. The molecule has 0 aliphatic rings. The monoisotopic (exact) mass is 279 g/mol. The maximum absolute atomic E-state index is 5.62. The third-order valence-corrected chi connectivity index (χ3v) is 3.21. The van der Waals surface area contributed by atoms with Gasteiger partial charge in [-0.15, -0.1) is 0 Å². The number of rotatable bonds is 6. The number of nitrogen functional groups attached to an aromatic ring is 1. The molecule has 0 fully saturated rings. The fourth-order valence-corrected chi connectivity index (χ4v) is 2.15. The van der Waals surface area contributed by atoms with Gasteiger partial charge in [0.1, 0.15) is 17.5 Å². The van der Waals surface area contributed by atoms with E-state index in [4.69, 9.17) is 10.8 Å². The van der Waals surface area contributed by atoms with E-state index in [-0.39, 0.29) is 5.41 Å². The van der Waals surface area contributed by atoms with Gasteiger partial charge < -0.3 is 10.3 Å². The van der Waals surface area contributed by atoms with Crippen molar-refractivity contribution in [3.63, 3.8) is 0 Å². The van der Waals surface area contributed by atoms with Crippen LogP contribution in [0.25, 0.3) is 0 Å². The van der Waals surface area contributed by atoms with Gasteiger partial charge >= 0.3 is 0 Å². The van der Waals surface area contributed by atoms with E-state index in [0.29, 0.717) is 0 Å². The average molecular weight is 279 g/mol. The standard InChI is InChI=1S/C15H29N5/c1-7-9-20(10-8-2)13-11(3)12(19-16)17-14(18-13)15(4,5)6/h7-10,16H2,1-6H3,(H,17,18,19). The summed E-state index contributed by atoms with van der Waals surface area (Å²) in [6.45, 7) is 14.7. The number of hydrogen-bond acceptors (Lipinski definition) is 5. The molecule has 1 aromatic heterocycles. The Hall–Kier alpha value is -1.36. The van der Waals surface area contributed by atoms with Gasteiger partial charge in [-0.3, -0.25) is 0 Å². The number of hydrazine groups is 1. The highest BCUT2D eigenvalue weighted by Crippen LogP contribution is 2.28. The topological polar surface area (TPSA) is 67.1 Å². The summed E-state index contributed by atoms with van der Waals surface area (Å²) in [7, 11) is 0. The molecule has 5 heteroatoms. The highest BCUT2D eigenvalue weighted by molar-refractivity contribution is 5.58. The van der Waals surface area contributed by atoms with Crippen molar-refractivity contribution in [2.45, 2.75) is 59.8 Å². The third-order valence-electron chi connectivity index (χ3n) is 3.21. The number of nitrogens with two attached hydrogens (primary N) is 1. The minimum Gasteiger partial charge on any atom is -0.356 e. The molecular weight excluding hydrogens is 250 g/mol. The van der Waals surface area contributed by atoms with Crippen LogP contribution in [-0.4, -0.2) is 23.1 Å². The van der Waals surface area contributed by atoms with Crippen molar-refractivity contribution < 1.29 is 0 Å². The van der Waals surface area contributed by atoms with Crippen molar-refractivity contribution in [2.75, 3.05) is 23.4 Å². The van der Waals surface area contributed by atoms with Crippen LogP contribution in [0.4, 0.5) is 11.6 Å². The van der Waals surface area contributed by atoms with Crippen LogP contribution in [-0.2, 0) is 5.41 Å². The third kappa shape index (κ3) is 3.82. The zero-order chi connectivity index (χ0) is 15.3. The molecular formula is C15H29N5. The van der Waals surface area contributed by atoms with Crippen LogP contribution >= 0.6 is 0 Å². The highest BCUT2D eigenvalue weighted by atomic mass is 15.3. The zero-order valence-electron chi connectivity index (χ0n) is 13.7. The van der Waals surface area contributed by atoms with Gasteiger partial charge in [-0.05, 0) is 19.8 Å². The molecule has 3 N–H and O–H groups in total. The fourth-order valence-electron chi connectivity index (χ4n) is 2.15. The second-order valence-corrected chi connectivity index (χ2v) is 6.23. The Labute approximate surface area is 123 Å². The van der Waals surface area contributed by atoms with Gasteiger partial charge in [0.25, 0.3) is 0 Å². The predicted molar refractivity (Wildman–Crippen MR) is 86.1 cm³/mol. The molecule has 0 aliphatic carbocycles. The Morgan fingerprint density at radius 3 is 2.05 bits per heavy atom. The number of aromatic nitrogens is 2.